The van der Waals surface area contributed by atoms with Crippen LogP contribution in [-0.4, -0.2) is 314 Å². The minimum absolute atomic E-state index is 0.0208. The molecule has 13 atom stereocenters. The smallest absolute Gasteiger partial charge is 0.303 e. The third-order valence-electron chi connectivity index (χ3n) is 18.9. The molecule has 0 bridgehead atoms. The summed E-state index contributed by atoms with van der Waals surface area (Å²) in [5.41, 5.74) is 6.34. The van der Waals surface area contributed by atoms with Crippen LogP contribution in [0.25, 0.3) is 0 Å². The van der Waals surface area contributed by atoms with E-state index in [4.69, 9.17) is 15.6 Å². The number of hydrogen-bond donors (Lipinski definition) is 24. The molecule has 51 nitrogen and oxygen atoms in total. The van der Waals surface area contributed by atoms with Crippen LogP contribution in [0.5, 0.6) is 0 Å². The number of benzene rings is 1. The first-order valence-corrected chi connectivity index (χ1v) is 39.3. The second kappa shape index (κ2) is 56.0. The largest absolute Gasteiger partial charge is 0.481 e. The Morgan fingerprint density at radius 2 is 0.556 bits per heavy atom. The van der Waals surface area contributed by atoms with Crippen LogP contribution in [0.15, 0.2) is 24.3 Å². The SMILES string of the molecule is CC(=O)c1ccc(C[C@H](NC(=O)[C@@H](CCC(=O)O)NC(=O)[C@@H](CCC(=O)O)NC(=O)[C@@H](CCC(=O)O)NC(=O)[C@@H](CCC(=O)O)NC(=O)[C@@H](CCC(=O)O)NC(=O)[C@@H](CCC(=O)O)NC(=O)[C@@H](CCC(=O)O)NC(=O)[C@@H](CCC(=O)O)NC(=O)[C@@H](CCC(=O)O)NC(=O)[C@@H](CCC(=O)O)NC(=O)[C@H](N)CCC(=O)O)C(=O)NCCOCC(=O)N2CCC[C@H]2C)cc1. The van der Waals surface area contributed by atoms with Gasteiger partial charge in [0.2, 0.25) is 76.8 Å². The summed E-state index contributed by atoms with van der Waals surface area (Å²) in [7, 11) is 0. The number of aliphatic carboxylic acids is 11. The molecule has 1 aliphatic rings. The normalized spacial score (nSPS) is 14.9. The maximum absolute atomic E-state index is 14.4. The first-order chi connectivity index (χ1) is 59.1. The van der Waals surface area contributed by atoms with Gasteiger partial charge in [0.15, 0.2) is 5.78 Å². The first-order valence-electron chi connectivity index (χ1n) is 39.3. The number of amides is 13. The molecule has 0 radical (unpaired) electrons. The monoisotopic (exact) mass is 1790 g/mol. The summed E-state index contributed by atoms with van der Waals surface area (Å²) >= 11 is 0. The van der Waals surface area contributed by atoms with Gasteiger partial charge in [0, 0.05) is 102 Å². The van der Waals surface area contributed by atoms with Crippen LogP contribution in [0.4, 0.5) is 0 Å². The molecule has 51 heteroatoms. The lowest BCUT2D eigenvalue weighted by Gasteiger charge is -2.28. The van der Waals surface area contributed by atoms with Gasteiger partial charge in [-0.05, 0) is 103 Å². The van der Waals surface area contributed by atoms with E-state index in [0.717, 1.165) is 12.8 Å². The predicted octanol–water partition coefficient (Wildman–Crippen LogP) is -6.25. The highest BCUT2D eigenvalue weighted by Crippen LogP contribution is 2.18. The van der Waals surface area contributed by atoms with Crippen molar-refractivity contribution in [2.24, 2.45) is 5.73 Å². The minimum atomic E-state index is -2.26. The predicted molar refractivity (Wildman–Crippen MR) is 419 cm³/mol. The lowest BCUT2D eigenvalue weighted by Crippen LogP contribution is -2.61. The number of nitrogens with two attached hydrogens (primary N) is 1. The molecule has 0 saturated carbocycles. The molecular weight excluding hydrogens is 1690 g/mol. The summed E-state index contributed by atoms with van der Waals surface area (Å²) < 4.78 is 5.48. The third kappa shape index (κ3) is 43.7. The van der Waals surface area contributed by atoms with Crippen LogP contribution in [0.3, 0.4) is 0 Å². The van der Waals surface area contributed by atoms with Crippen molar-refractivity contribution in [2.75, 3.05) is 26.3 Å². The Morgan fingerprint density at radius 1 is 0.333 bits per heavy atom. The number of carboxylic acid groups (broad SMARTS) is 11. The van der Waals surface area contributed by atoms with Crippen LogP contribution in [0.2, 0.25) is 0 Å². The van der Waals surface area contributed by atoms with Crippen LogP contribution in [-0.2, 0) is 126 Å². The van der Waals surface area contributed by atoms with Crippen molar-refractivity contribution >= 4 is 148 Å². The summed E-state index contributed by atoms with van der Waals surface area (Å²) in [6.07, 6.45) is -19.1. The van der Waals surface area contributed by atoms with Crippen molar-refractivity contribution < 1.29 is 181 Å². The number of Topliss-reactive ketones (excluding diaryl/α,β-unsaturated/α-hetero) is 1. The molecule has 0 spiro atoms. The number of carbonyl (C=O) groups excluding carboxylic acids is 14. The molecule has 1 saturated heterocycles. The van der Waals surface area contributed by atoms with Crippen molar-refractivity contribution in [1.29, 1.82) is 0 Å². The number of likely N-dealkylation sites (tertiary alicyclic amines) is 1. The van der Waals surface area contributed by atoms with Gasteiger partial charge in [0.05, 0.1) is 12.6 Å². The number of carboxylic acids is 11. The summed E-state index contributed by atoms with van der Waals surface area (Å²) in [5.74, 6) is -35.6. The Hall–Kier alpha value is -13.9. The number of carbonyl (C=O) groups is 25. The van der Waals surface area contributed by atoms with Gasteiger partial charge in [-0.1, -0.05) is 24.3 Å². The maximum Gasteiger partial charge on any atom is 0.303 e. The molecule has 1 aromatic carbocycles. The summed E-state index contributed by atoms with van der Waals surface area (Å²) in [6.45, 7) is 2.89. The van der Waals surface area contributed by atoms with E-state index >= 15 is 0 Å². The van der Waals surface area contributed by atoms with Crippen LogP contribution < -0.4 is 69.5 Å². The van der Waals surface area contributed by atoms with Crippen molar-refractivity contribution in [1.82, 2.24) is 68.7 Å². The van der Waals surface area contributed by atoms with Crippen molar-refractivity contribution in [2.45, 2.75) is 253 Å². The number of hydrogen-bond acceptors (Lipinski definition) is 27. The average Bonchev–Trinajstić information content (AvgIpc) is 1.13. The molecule has 1 aromatic rings. The standard InChI is InChI=1S/C75H106N14O37/c1-36-4-3-32-89(36)52(91)35-126-33-31-77-65(115)51(34-38-5-7-39(8-6-38)37(2)90)88-75(125)50(19-30-63(112)113)87-74(124)49(18-29-62(110)111)86-73(123)48(17-28-61(108)109)85-72(122)47(16-27-60(106)107)84-71(121)46(15-26-59(104)105)83-70(120)45(14-25-58(102)103)82-69(119)44(13-24-57(100)101)81-68(118)43(12-23-56(98)99)80-67(117)42(11-22-55(96)97)79-66(116)41(10-21-54(94)95)78-64(114)40(76)9-20-53(92)93/h5-8,36,40-51H,3-4,9-35,76H2,1-2H3,(H,77,115)(H,78,114)(H,79,116)(H,80,117)(H,81,118)(H,82,119)(H,83,120)(H,84,121)(H,85,122)(H,86,123)(H,87,124)(H,88,125)(H,92,93)(H,94,95)(H,96,97)(H,98,99)(H,100,101)(H,102,103)(H,104,105)(H,106,107)(H,108,109)(H,110,111)(H,112,113)/t36-,40-,41-,42-,43-,44-,45-,46-,47-,48-,49-,50-,51+/m1/s1. The van der Waals surface area contributed by atoms with E-state index in [9.17, 15) is 171 Å². The quantitative estimate of drug-likeness (QED) is 0.0213. The Labute approximate surface area is 715 Å². The fraction of sp³-hybridized carbons (Fsp3) is 0.587. The highest BCUT2D eigenvalue weighted by Gasteiger charge is 2.39. The van der Waals surface area contributed by atoms with Crippen molar-refractivity contribution in [3.05, 3.63) is 35.4 Å². The molecule has 126 heavy (non-hydrogen) atoms. The maximum atomic E-state index is 14.4. The Morgan fingerprint density at radius 3 is 0.770 bits per heavy atom. The van der Waals surface area contributed by atoms with Crippen LogP contribution in [0.1, 0.15) is 184 Å². The zero-order valence-electron chi connectivity index (χ0n) is 68.4. The number of nitrogens with zero attached hydrogens (tertiary/aromatic N) is 1. The average molecular weight is 1800 g/mol. The lowest BCUT2D eigenvalue weighted by molar-refractivity contribution is -0.141. The lowest BCUT2D eigenvalue weighted by atomic mass is 10.0. The van der Waals surface area contributed by atoms with Gasteiger partial charge >= 0.3 is 65.7 Å². The summed E-state index contributed by atoms with van der Waals surface area (Å²) in [4.78, 5) is 326. The van der Waals surface area contributed by atoms with Gasteiger partial charge in [-0.3, -0.25) is 120 Å². The van der Waals surface area contributed by atoms with E-state index < -0.39 is 350 Å². The molecule has 13 amide bonds. The topological polar surface area (TPSA) is 832 Å². The molecule has 698 valence electrons. The van der Waals surface area contributed by atoms with E-state index in [1.807, 2.05) is 33.5 Å². The van der Waals surface area contributed by atoms with Gasteiger partial charge < -0.3 is 135 Å². The Balaban J connectivity index is 2.64. The first kappa shape index (κ1) is 108. The van der Waals surface area contributed by atoms with Gasteiger partial charge in [-0.15, -0.1) is 0 Å². The van der Waals surface area contributed by atoms with Gasteiger partial charge in [-0.2, -0.15) is 0 Å². The highest BCUT2D eigenvalue weighted by molar-refractivity contribution is 6.01. The van der Waals surface area contributed by atoms with E-state index in [1.54, 1.807) is 4.90 Å². The zero-order chi connectivity index (χ0) is 95.2. The molecule has 1 fully saturated rings. The Bertz CT molecular complexity index is 4120. The molecular formula is C75H106N14O37. The highest BCUT2D eigenvalue weighted by atomic mass is 16.5. The van der Waals surface area contributed by atoms with E-state index in [2.05, 4.69) is 37.2 Å². The summed E-state index contributed by atoms with van der Waals surface area (Å²) in [6, 6.07) is -18.9. The van der Waals surface area contributed by atoms with E-state index in [1.165, 1.54) is 31.2 Å². The number of nitrogens with one attached hydrogen (secondary N) is 12. The van der Waals surface area contributed by atoms with Gasteiger partial charge in [0.25, 0.3) is 0 Å². The van der Waals surface area contributed by atoms with Crippen LogP contribution >= 0.6 is 0 Å². The number of rotatable bonds is 64. The second-order valence-electron chi connectivity index (χ2n) is 28.9. The van der Waals surface area contributed by atoms with E-state index in [-0.39, 0.29) is 49.5 Å². The summed E-state index contributed by atoms with van der Waals surface area (Å²) in [5, 5.41) is 131. The number of ketones is 1. The van der Waals surface area contributed by atoms with E-state index in [0.29, 0.717) is 12.1 Å². The second-order valence-corrected chi connectivity index (χ2v) is 28.9. The Kier molecular flexibility index (Phi) is 48.1. The fourth-order valence-corrected chi connectivity index (χ4v) is 12.0. The molecule has 25 N–H and O–H groups in total. The molecule has 0 unspecified atom stereocenters. The molecule has 1 heterocycles. The third-order valence-corrected chi connectivity index (χ3v) is 18.9. The van der Waals surface area contributed by atoms with Crippen molar-refractivity contribution in [3.8, 4) is 0 Å². The minimum Gasteiger partial charge on any atom is -0.481 e. The zero-order valence-corrected chi connectivity index (χ0v) is 68.4. The van der Waals surface area contributed by atoms with Gasteiger partial charge in [-0.25, -0.2) is 0 Å². The molecule has 0 aliphatic carbocycles. The molecule has 2 rings (SSSR count). The van der Waals surface area contributed by atoms with Crippen LogP contribution in [0, 0.1) is 0 Å². The van der Waals surface area contributed by atoms with Gasteiger partial charge in [0.1, 0.15) is 73.1 Å². The fourth-order valence-electron chi connectivity index (χ4n) is 12.0. The van der Waals surface area contributed by atoms with Crippen molar-refractivity contribution in [3.63, 3.8) is 0 Å². The molecule has 1 aliphatic heterocycles. The number of ether oxygens (including phenoxy) is 1. The molecule has 0 aromatic heterocycles.